The second-order valence-corrected chi connectivity index (χ2v) is 4.80. The lowest BCUT2D eigenvalue weighted by Gasteiger charge is -2.12. The van der Waals surface area contributed by atoms with Gasteiger partial charge in [-0.3, -0.25) is 9.19 Å². The number of allylic oxidation sites excluding steroid dienone is 4. The molecule has 1 aromatic rings. The molecule has 2 unspecified atom stereocenters. The van der Waals surface area contributed by atoms with Gasteiger partial charge in [-0.25, -0.2) is 0 Å². The molecule has 1 heterocycles. The van der Waals surface area contributed by atoms with Gasteiger partial charge in [0.2, 0.25) is 0 Å². The second kappa shape index (κ2) is 5.44. The zero-order chi connectivity index (χ0) is 12.3. The largest absolute Gasteiger partial charge is 0.755 e. The Morgan fingerprint density at radius 2 is 2.35 bits per heavy atom. The number of anilines is 1. The van der Waals surface area contributed by atoms with E-state index in [-0.39, 0.29) is 5.38 Å². The molecule has 0 spiro atoms. The molecule has 17 heavy (non-hydrogen) atoms. The fraction of sp³-hybridized carbons (Fsp3) is 0.182. The SMILES string of the molecule is O=S([O-])Nc1cncc(C2=CCC(Cl)C=C2)c1. The summed E-state index contributed by atoms with van der Waals surface area (Å²) in [6.07, 6.45) is 9.73. The second-order valence-electron chi connectivity index (χ2n) is 3.57. The van der Waals surface area contributed by atoms with Gasteiger partial charge in [0.15, 0.2) is 0 Å². The maximum absolute atomic E-state index is 10.5. The maximum Gasteiger partial charge on any atom is 0.0642 e. The number of halogens is 1. The molecule has 0 aliphatic heterocycles. The van der Waals surface area contributed by atoms with Crippen LogP contribution in [0.4, 0.5) is 5.69 Å². The number of alkyl halides is 1. The molecule has 1 aliphatic rings. The van der Waals surface area contributed by atoms with Crippen LogP contribution in [0.3, 0.4) is 0 Å². The fourth-order valence-corrected chi connectivity index (χ4v) is 2.02. The third-order valence-electron chi connectivity index (χ3n) is 2.32. The van der Waals surface area contributed by atoms with Gasteiger partial charge in [0.1, 0.15) is 0 Å². The third-order valence-corrected chi connectivity index (χ3v) is 3.05. The molecule has 90 valence electrons. The molecule has 0 amide bonds. The molecular formula is C11H10ClN2O2S-. The van der Waals surface area contributed by atoms with Gasteiger partial charge < -0.3 is 9.27 Å². The number of aromatic nitrogens is 1. The average molecular weight is 270 g/mol. The van der Waals surface area contributed by atoms with Crippen LogP contribution in [0.25, 0.3) is 5.57 Å². The standard InChI is InChI=1S/C11H11ClN2O2S/c12-10-3-1-8(2-4-10)9-5-11(7-13-6-9)14-17(15)16/h1-3,5-7,10,14H,4H2,(H,15,16)/p-1. The van der Waals surface area contributed by atoms with E-state index in [9.17, 15) is 8.76 Å². The van der Waals surface area contributed by atoms with E-state index in [0.29, 0.717) is 5.69 Å². The first-order valence-corrected chi connectivity index (χ1v) is 6.50. The summed E-state index contributed by atoms with van der Waals surface area (Å²) in [5, 5.41) is 0.0298. The van der Waals surface area contributed by atoms with Crippen LogP contribution in [0.15, 0.2) is 36.7 Å². The number of rotatable bonds is 3. The topological polar surface area (TPSA) is 65.0 Å². The summed E-state index contributed by atoms with van der Waals surface area (Å²) in [7, 11) is 0. The van der Waals surface area contributed by atoms with Crippen LogP contribution in [-0.2, 0) is 11.3 Å². The average Bonchev–Trinajstić information content (AvgIpc) is 2.29. The predicted molar refractivity (Wildman–Crippen MR) is 68.2 cm³/mol. The fourth-order valence-electron chi connectivity index (χ4n) is 1.56. The van der Waals surface area contributed by atoms with Crippen LogP contribution in [0.1, 0.15) is 12.0 Å². The van der Waals surface area contributed by atoms with E-state index < -0.39 is 11.3 Å². The van der Waals surface area contributed by atoms with Crippen molar-refractivity contribution in [2.45, 2.75) is 11.8 Å². The summed E-state index contributed by atoms with van der Waals surface area (Å²) >= 11 is 3.59. The highest BCUT2D eigenvalue weighted by molar-refractivity contribution is 7.80. The zero-order valence-corrected chi connectivity index (χ0v) is 10.4. The van der Waals surface area contributed by atoms with Gasteiger partial charge in [0.05, 0.1) is 17.3 Å². The Labute approximate surface area is 107 Å². The summed E-state index contributed by atoms with van der Waals surface area (Å²) in [4.78, 5) is 3.99. The Kier molecular flexibility index (Phi) is 3.93. The summed E-state index contributed by atoms with van der Waals surface area (Å²) in [5.41, 5.74) is 2.30. The molecule has 0 saturated carbocycles. The summed E-state index contributed by atoms with van der Waals surface area (Å²) in [6, 6.07) is 1.73. The van der Waals surface area contributed by atoms with Crippen LogP contribution >= 0.6 is 11.6 Å². The van der Waals surface area contributed by atoms with Crippen molar-refractivity contribution in [1.82, 2.24) is 4.98 Å². The van der Waals surface area contributed by atoms with Crippen molar-refractivity contribution >= 4 is 34.1 Å². The van der Waals surface area contributed by atoms with Gasteiger partial charge in [-0.05, 0) is 18.1 Å². The van der Waals surface area contributed by atoms with Crippen LogP contribution in [0.5, 0.6) is 0 Å². The number of nitrogens with one attached hydrogen (secondary N) is 1. The van der Waals surface area contributed by atoms with Crippen molar-refractivity contribution in [3.63, 3.8) is 0 Å². The first kappa shape index (κ1) is 12.3. The molecule has 4 nitrogen and oxygen atoms in total. The molecular weight excluding hydrogens is 260 g/mol. The van der Waals surface area contributed by atoms with Crippen LogP contribution < -0.4 is 4.72 Å². The first-order chi connectivity index (χ1) is 8.15. The molecule has 0 bridgehead atoms. The minimum atomic E-state index is -2.33. The number of nitrogens with zero attached hydrogens (tertiary/aromatic N) is 1. The summed E-state index contributed by atoms with van der Waals surface area (Å²) in [5.74, 6) is 0. The van der Waals surface area contributed by atoms with E-state index in [2.05, 4.69) is 9.71 Å². The molecule has 2 rings (SSSR count). The Balaban J connectivity index is 2.22. The number of pyridine rings is 1. The molecule has 0 saturated heterocycles. The monoisotopic (exact) mass is 269 g/mol. The van der Waals surface area contributed by atoms with E-state index in [1.165, 1.54) is 6.20 Å². The van der Waals surface area contributed by atoms with Crippen molar-refractivity contribution < 1.29 is 8.76 Å². The predicted octanol–water partition coefficient (Wildman–Crippen LogP) is 2.24. The van der Waals surface area contributed by atoms with Crippen LogP contribution in [0.2, 0.25) is 0 Å². The number of hydrogen-bond donors (Lipinski definition) is 1. The molecule has 6 heteroatoms. The Bertz CT molecular complexity index is 502. The minimum Gasteiger partial charge on any atom is -0.755 e. The number of hydrogen-bond acceptors (Lipinski definition) is 3. The van der Waals surface area contributed by atoms with Crippen LogP contribution in [-0.4, -0.2) is 19.1 Å². The van der Waals surface area contributed by atoms with Crippen molar-refractivity contribution in [2.24, 2.45) is 0 Å². The smallest absolute Gasteiger partial charge is 0.0642 e. The molecule has 0 fully saturated rings. The van der Waals surface area contributed by atoms with E-state index >= 15 is 0 Å². The highest BCUT2D eigenvalue weighted by atomic mass is 35.5. The maximum atomic E-state index is 10.5. The first-order valence-electron chi connectivity index (χ1n) is 4.99. The zero-order valence-electron chi connectivity index (χ0n) is 8.80. The molecule has 0 aromatic carbocycles. The quantitative estimate of drug-likeness (QED) is 0.676. The van der Waals surface area contributed by atoms with Gasteiger partial charge in [0.25, 0.3) is 0 Å². The molecule has 1 N–H and O–H groups in total. The van der Waals surface area contributed by atoms with Gasteiger partial charge in [-0.1, -0.05) is 18.2 Å². The lowest BCUT2D eigenvalue weighted by molar-refractivity contribution is 0.542. The van der Waals surface area contributed by atoms with Gasteiger partial charge in [-0.15, -0.1) is 11.6 Å². The minimum absolute atomic E-state index is 0.0298. The summed E-state index contributed by atoms with van der Waals surface area (Å²) < 4.78 is 23.3. The van der Waals surface area contributed by atoms with Crippen molar-refractivity contribution in [3.05, 3.63) is 42.3 Å². The van der Waals surface area contributed by atoms with Gasteiger partial charge in [0, 0.05) is 23.0 Å². The van der Waals surface area contributed by atoms with E-state index in [1.54, 1.807) is 12.3 Å². The molecule has 1 aliphatic carbocycles. The lowest BCUT2D eigenvalue weighted by atomic mass is 10.0. The third kappa shape index (κ3) is 3.39. The van der Waals surface area contributed by atoms with E-state index in [4.69, 9.17) is 11.6 Å². The summed E-state index contributed by atoms with van der Waals surface area (Å²) in [6.45, 7) is 0. The van der Waals surface area contributed by atoms with Crippen LogP contribution in [0, 0.1) is 0 Å². The Morgan fingerprint density at radius 3 is 3.00 bits per heavy atom. The highest BCUT2D eigenvalue weighted by Gasteiger charge is 2.07. The Morgan fingerprint density at radius 1 is 1.53 bits per heavy atom. The van der Waals surface area contributed by atoms with Gasteiger partial charge >= 0.3 is 0 Å². The van der Waals surface area contributed by atoms with Crippen molar-refractivity contribution in [3.8, 4) is 0 Å². The Hall–Kier alpha value is -1.17. The normalized spacial score (nSPS) is 20.8. The molecule has 1 aromatic heterocycles. The van der Waals surface area contributed by atoms with Gasteiger partial charge in [-0.2, -0.15) is 0 Å². The van der Waals surface area contributed by atoms with E-state index in [1.807, 2.05) is 18.2 Å². The molecule has 0 radical (unpaired) electrons. The lowest BCUT2D eigenvalue weighted by Crippen LogP contribution is -2.03. The highest BCUT2D eigenvalue weighted by Crippen LogP contribution is 2.24. The van der Waals surface area contributed by atoms with Crippen molar-refractivity contribution in [1.29, 1.82) is 0 Å². The van der Waals surface area contributed by atoms with Crippen molar-refractivity contribution in [2.75, 3.05) is 4.72 Å². The van der Waals surface area contributed by atoms with E-state index in [0.717, 1.165) is 17.6 Å². The molecule has 2 atom stereocenters.